The predicted molar refractivity (Wildman–Crippen MR) is 93.5 cm³/mol. The fraction of sp³-hybridized carbons (Fsp3) is 0.400. The number of aliphatic imine (C=N–C) groups is 1. The van der Waals surface area contributed by atoms with E-state index in [0.717, 1.165) is 56.3 Å². The van der Waals surface area contributed by atoms with Crippen LogP contribution in [0, 0.1) is 5.92 Å². The zero-order valence-corrected chi connectivity index (χ0v) is 13.6. The molecule has 1 aromatic rings. The third-order valence-corrected chi connectivity index (χ3v) is 5.41. The van der Waals surface area contributed by atoms with Gasteiger partial charge in [0.25, 0.3) is 0 Å². The van der Waals surface area contributed by atoms with Crippen LogP contribution in [0.4, 0.5) is 0 Å². The molecule has 1 fully saturated rings. The second-order valence-electron chi connectivity index (χ2n) is 6.79. The van der Waals surface area contributed by atoms with E-state index in [1.807, 2.05) is 0 Å². The highest BCUT2D eigenvalue weighted by Gasteiger charge is 2.33. The summed E-state index contributed by atoms with van der Waals surface area (Å²) in [6.45, 7) is 2.21. The molecule has 0 radical (unpaired) electrons. The van der Waals surface area contributed by atoms with Gasteiger partial charge in [0.15, 0.2) is 0 Å². The SMILES string of the molecule is CN1CCC(=C2C3=NC=C(C=O)C3CCc3ccccc32)CC1. The van der Waals surface area contributed by atoms with Crippen LogP contribution in [0.1, 0.15) is 30.4 Å². The summed E-state index contributed by atoms with van der Waals surface area (Å²) < 4.78 is 0. The Morgan fingerprint density at radius 3 is 2.74 bits per heavy atom. The summed E-state index contributed by atoms with van der Waals surface area (Å²) in [6, 6.07) is 8.71. The molecule has 1 aliphatic carbocycles. The van der Waals surface area contributed by atoms with Crippen LogP contribution in [-0.2, 0) is 11.2 Å². The van der Waals surface area contributed by atoms with Gasteiger partial charge in [-0.3, -0.25) is 9.79 Å². The first-order chi connectivity index (χ1) is 11.3. The molecule has 0 aromatic heterocycles. The van der Waals surface area contributed by atoms with E-state index >= 15 is 0 Å². The zero-order chi connectivity index (χ0) is 15.8. The maximum atomic E-state index is 11.4. The second-order valence-corrected chi connectivity index (χ2v) is 6.79. The number of nitrogens with zero attached hydrogens (tertiary/aromatic N) is 2. The molecular weight excluding hydrogens is 284 g/mol. The smallest absolute Gasteiger partial charge is 0.148 e. The van der Waals surface area contributed by atoms with E-state index < -0.39 is 0 Å². The van der Waals surface area contributed by atoms with E-state index in [1.54, 1.807) is 6.20 Å². The number of piperidine rings is 1. The lowest BCUT2D eigenvalue weighted by atomic mass is 9.84. The molecule has 0 saturated carbocycles. The highest BCUT2D eigenvalue weighted by Crippen LogP contribution is 2.40. The number of likely N-dealkylation sites (tertiary alicyclic amines) is 1. The number of aldehydes is 1. The molecule has 23 heavy (non-hydrogen) atoms. The molecule has 3 heteroatoms. The topological polar surface area (TPSA) is 32.7 Å². The van der Waals surface area contributed by atoms with Crippen molar-refractivity contribution < 1.29 is 4.79 Å². The Hall–Kier alpha value is -2.00. The molecule has 118 valence electrons. The van der Waals surface area contributed by atoms with Gasteiger partial charge >= 0.3 is 0 Å². The monoisotopic (exact) mass is 306 g/mol. The van der Waals surface area contributed by atoms with Crippen molar-refractivity contribution in [3.8, 4) is 0 Å². The van der Waals surface area contributed by atoms with Crippen molar-refractivity contribution in [2.24, 2.45) is 10.9 Å². The van der Waals surface area contributed by atoms with Gasteiger partial charge in [0.1, 0.15) is 6.29 Å². The Labute approximate surface area is 137 Å². The summed E-state index contributed by atoms with van der Waals surface area (Å²) in [5.74, 6) is 0.182. The quantitative estimate of drug-likeness (QED) is 0.746. The summed E-state index contributed by atoms with van der Waals surface area (Å²) in [5, 5.41) is 0. The van der Waals surface area contributed by atoms with Gasteiger partial charge in [0.2, 0.25) is 0 Å². The molecule has 1 unspecified atom stereocenters. The van der Waals surface area contributed by atoms with Crippen LogP contribution in [-0.4, -0.2) is 37.0 Å². The van der Waals surface area contributed by atoms with Gasteiger partial charge in [0.05, 0.1) is 5.71 Å². The lowest BCUT2D eigenvalue weighted by Gasteiger charge is -2.27. The minimum atomic E-state index is 0.182. The molecule has 0 bridgehead atoms. The number of fused-ring (bicyclic) bond motifs is 2. The van der Waals surface area contributed by atoms with Gasteiger partial charge in [-0.25, -0.2) is 0 Å². The Kier molecular flexibility index (Phi) is 3.74. The lowest BCUT2D eigenvalue weighted by molar-refractivity contribution is -0.105. The predicted octanol–water partition coefficient (Wildman–Crippen LogP) is 3.27. The van der Waals surface area contributed by atoms with Crippen molar-refractivity contribution in [3.05, 3.63) is 52.7 Å². The van der Waals surface area contributed by atoms with Crippen LogP contribution in [0.3, 0.4) is 0 Å². The summed E-state index contributed by atoms with van der Waals surface area (Å²) in [5.41, 5.74) is 7.58. The van der Waals surface area contributed by atoms with Crippen LogP contribution < -0.4 is 0 Å². The van der Waals surface area contributed by atoms with Crippen molar-refractivity contribution in [2.75, 3.05) is 20.1 Å². The largest absolute Gasteiger partial charge is 0.306 e. The highest BCUT2D eigenvalue weighted by molar-refractivity contribution is 6.29. The number of carbonyl (C=O) groups excluding carboxylic acids is 1. The number of allylic oxidation sites excluding steroid dienone is 2. The maximum absolute atomic E-state index is 11.4. The fourth-order valence-corrected chi connectivity index (χ4v) is 4.07. The van der Waals surface area contributed by atoms with Crippen molar-refractivity contribution >= 4 is 17.6 Å². The van der Waals surface area contributed by atoms with Crippen LogP contribution in [0.25, 0.3) is 5.57 Å². The number of benzene rings is 1. The van der Waals surface area contributed by atoms with Crippen molar-refractivity contribution in [1.29, 1.82) is 0 Å². The molecule has 3 nitrogen and oxygen atoms in total. The first-order valence-corrected chi connectivity index (χ1v) is 8.50. The molecule has 0 spiro atoms. The Balaban J connectivity index is 1.85. The minimum Gasteiger partial charge on any atom is -0.306 e. The van der Waals surface area contributed by atoms with Crippen molar-refractivity contribution in [1.82, 2.24) is 4.90 Å². The molecule has 3 aliphatic rings. The Morgan fingerprint density at radius 2 is 1.96 bits per heavy atom. The molecule has 0 amide bonds. The molecule has 2 aliphatic heterocycles. The molecule has 2 heterocycles. The molecule has 1 atom stereocenters. The first-order valence-electron chi connectivity index (χ1n) is 8.50. The molecule has 1 saturated heterocycles. The van der Waals surface area contributed by atoms with E-state index in [1.165, 1.54) is 22.3 Å². The minimum absolute atomic E-state index is 0.182. The zero-order valence-electron chi connectivity index (χ0n) is 13.6. The summed E-state index contributed by atoms with van der Waals surface area (Å²) in [4.78, 5) is 18.5. The molecule has 1 aromatic carbocycles. The van der Waals surface area contributed by atoms with Crippen molar-refractivity contribution in [3.63, 3.8) is 0 Å². The van der Waals surface area contributed by atoms with Gasteiger partial charge in [-0.15, -0.1) is 0 Å². The molecule has 0 N–H and O–H groups in total. The number of hydrogen-bond donors (Lipinski definition) is 0. The highest BCUT2D eigenvalue weighted by atomic mass is 16.1. The van der Waals surface area contributed by atoms with Crippen molar-refractivity contribution in [2.45, 2.75) is 25.7 Å². The van der Waals surface area contributed by atoms with E-state index in [2.05, 4.69) is 36.2 Å². The van der Waals surface area contributed by atoms with Gasteiger partial charge in [-0.05, 0) is 43.9 Å². The summed E-state index contributed by atoms with van der Waals surface area (Å²) in [7, 11) is 2.18. The number of carbonyl (C=O) groups is 1. The summed E-state index contributed by atoms with van der Waals surface area (Å²) in [6.07, 6.45) is 6.98. The normalized spacial score (nSPS) is 24.5. The van der Waals surface area contributed by atoms with E-state index in [4.69, 9.17) is 4.99 Å². The molecule has 4 rings (SSSR count). The number of rotatable bonds is 1. The first kappa shape index (κ1) is 14.6. The second kappa shape index (κ2) is 5.89. The van der Waals surface area contributed by atoms with E-state index in [9.17, 15) is 4.79 Å². The van der Waals surface area contributed by atoms with Crippen LogP contribution >= 0.6 is 0 Å². The third-order valence-electron chi connectivity index (χ3n) is 5.41. The van der Waals surface area contributed by atoms with Crippen LogP contribution in [0.2, 0.25) is 0 Å². The van der Waals surface area contributed by atoms with Gasteiger partial charge in [0, 0.05) is 36.4 Å². The average Bonchev–Trinajstić information content (AvgIpc) is 2.91. The van der Waals surface area contributed by atoms with Gasteiger partial charge in [-0.2, -0.15) is 0 Å². The lowest BCUT2D eigenvalue weighted by Crippen LogP contribution is -2.28. The van der Waals surface area contributed by atoms with Gasteiger partial charge in [-0.1, -0.05) is 29.8 Å². The summed E-state index contributed by atoms with van der Waals surface area (Å²) >= 11 is 0. The van der Waals surface area contributed by atoms with Crippen LogP contribution in [0.5, 0.6) is 0 Å². The molecular formula is C20H22N2O. The number of aryl methyl sites for hydroxylation is 1. The number of hydrogen-bond acceptors (Lipinski definition) is 3. The van der Waals surface area contributed by atoms with E-state index in [-0.39, 0.29) is 5.92 Å². The fourth-order valence-electron chi connectivity index (χ4n) is 4.07. The maximum Gasteiger partial charge on any atom is 0.148 e. The standard InChI is InChI=1S/C20H22N2O/c1-22-10-8-15(9-11-22)19-17-5-3-2-4-14(17)6-7-18-16(13-23)12-21-20(18)19/h2-5,12-13,18H,6-11H2,1H3. The average molecular weight is 306 g/mol. The third kappa shape index (κ3) is 2.49. The van der Waals surface area contributed by atoms with E-state index in [0.29, 0.717) is 0 Å². The van der Waals surface area contributed by atoms with Crippen LogP contribution in [0.15, 0.2) is 46.6 Å². The van der Waals surface area contributed by atoms with Gasteiger partial charge < -0.3 is 4.90 Å². The Bertz CT molecular complexity index is 732. The Morgan fingerprint density at radius 1 is 1.17 bits per heavy atom.